The number of carbonyl (C=O) groups is 1. The molecule has 170 valence electrons. The minimum atomic E-state index is -4.57. The third kappa shape index (κ3) is 4.29. The molecule has 3 N–H and O–H groups in total. The molecule has 2 aromatic carbocycles. The highest BCUT2D eigenvalue weighted by molar-refractivity contribution is 5.99. The molecule has 0 bridgehead atoms. The Morgan fingerprint density at radius 1 is 1.09 bits per heavy atom. The van der Waals surface area contributed by atoms with Crippen LogP contribution in [0.3, 0.4) is 0 Å². The second-order valence-corrected chi connectivity index (χ2v) is 8.42. The molecule has 3 aromatic rings. The normalized spacial score (nSPS) is 20.1. The van der Waals surface area contributed by atoms with Crippen molar-refractivity contribution < 1.29 is 22.4 Å². The monoisotopic (exact) mass is 448 g/mol. The van der Waals surface area contributed by atoms with Gasteiger partial charge in [0, 0.05) is 48.3 Å². The molecule has 1 aliphatic heterocycles. The van der Waals surface area contributed by atoms with E-state index in [1.807, 2.05) is 13.8 Å². The Hall–Kier alpha value is -3.07. The summed E-state index contributed by atoms with van der Waals surface area (Å²) in [5.74, 6) is -0.554. The van der Waals surface area contributed by atoms with Gasteiger partial charge < -0.3 is 15.6 Å². The molecule has 1 aliphatic rings. The summed E-state index contributed by atoms with van der Waals surface area (Å²) in [5, 5.41) is 0.453. The number of nitrogens with two attached hydrogens (primary N) is 1. The fourth-order valence-corrected chi connectivity index (χ4v) is 4.24. The average Bonchev–Trinajstić information content (AvgIpc) is 3.13. The first kappa shape index (κ1) is 22.1. The van der Waals surface area contributed by atoms with Gasteiger partial charge in [0.25, 0.3) is 5.91 Å². The summed E-state index contributed by atoms with van der Waals surface area (Å²) in [5.41, 5.74) is 5.69. The summed E-state index contributed by atoms with van der Waals surface area (Å²) in [6, 6.07) is 10.00. The SMILES string of the molecule is CC1CN(C(=O)c2cc3cc(N)c(C(F)(F)F)cc3[nH]2)C(C)CN1Cc1ccc(F)cc1. The van der Waals surface area contributed by atoms with Gasteiger partial charge in [-0.2, -0.15) is 13.2 Å². The number of fused-ring (bicyclic) bond motifs is 1. The topological polar surface area (TPSA) is 65.4 Å². The molecule has 32 heavy (non-hydrogen) atoms. The molecule has 2 heterocycles. The van der Waals surface area contributed by atoms with Gasteiger partial charge in [0.15, 0.2) is 0 Å². The lowest BCUT2D eigenvalue weighted by Crippen LogP contribution is -2.57. The molecule has 2 unspecified atom stereocenters. The van der Waals surface area contributed by atoms with Crippen LogP contribution in [0.25, 0.3) is 10.9 Å². The van der Waals surface area contributed by atoms with E-state index >= 15 is 0 Å². The van der Waals surface area contributed by atoms with Crippen molar-refractivity contribution in [3.8, 4) is 0 Å². The van der Waals surface area contributed by atoms with Crippen LogP contribution >= 0.6 is 0 Å². The maximum absolute atomic E-state index is 13.2. The number of halogens is 4. The Morgan fingerprint density at radius 2 is 1.78 bits per heavy atom. The van der Waals surface area contributed by atoms with E-state index in [1.54, 1.807) is 17.0 Å². The Kier molecular flexibility index (Phi) is 5.62. The molecule has 4 rings (SSSR count). The van der Waals surface area contributed by atoms with Gasteiger partial charge in [0.05, 0.1) is 5.56 Å². The molecule has 1 aromatic heterocycles. The van der Waals surface area contributed by atoms with Crippen molar-refractivity contribution in [1.82, 2.24) is 14.8 Å². The molecule has 1 amide bonds. The summed E-state index contributed by atoms with van der Waals surface area (Å²) in [4.78, 5) is 20.0. The molecule has 0 aliphatic carbocycles. The summed E-state index contributed by atoms with van der Waals surface area (Å²) in [6.07, 6.45) is -4.57. The van der Waals surface area contributed by atoms with Crippen molar-refractivity contribution in [3.05, 3.63) is 65.1 Å². The first-order valence-corrected chi connectivity index (χ1v) is 10.3. The number of alkyl halides is 3. The lowest BCUT2D eigenvalue weighted by atomic mass is 10.1. The minimum Gasteiger partial charge on any atom is -0.398 e. The second kappa shape index (κ2) is 8.12. The largest absolute Gasteiger partial charge is 0.418 e. The Labute approximate surface area is 182 Å². The Bertz CT molecular complexity index is 1140. The number of aromatic amines is 1. The predicted molar refractivity (Wildman–Crippen MR) is 114 cm³/mol. The fourth-order valence-electron chi connectivity index (χ4n) is 4.24. The van der Waals surface area contributed by atoms with E-state index in [-0.39, 0.29) is 40.7 Å². The van der Waals surface area contributed by atoms with Crippen LogP contribution in [0.2, 0.25) is 0 Å². The molecular weight excluding hydrogens is 424 g/mol. The number of aromatic nitrogens is 1. The lowest BCUT2D eigenvalue weighted by Gasteiger charge is -2.44. The predicted octanol–water partition coefficient (Wildman–Crippen LogP) is 4.64. The highest BCUT2D eigenvalue weighted by atomic mass is 19.4. The van der Waals surface area contributed by atoms with Crippen molar-refractivity contribution >= 4 is 22.5 Å². The van der Waals surface area contributed by atoms with E-state index in [9.17, 15) is 22.4 Å². The quantitative estimate of drug-likeness (QED) is 0.453. The van der Waals surface area contributed by atoms with Gasteiger partial charge >= 0.3 is 6.18 Å². The zero-order chi connectivity index (χ0) is 23.2. The summed E-state index contributed by atoms with van der Waals surface area (Å²) >= 11 is 0. The molecule has 0 radical (unpaired) electrons. The number of hydrogen-bond acceptors (Lipinski definition) is 3. The zero-order valence-corrected chi connectivity index (χ0v) is 17.7. The van der Waals surface area contributed by atoms with E-state index in [0.717, 1.165) is 11.6 Å². The highest BCUT2D eigenvalue weighted by Gasteiger charge is 2.35. The molecule has 0 spiro atoms. The Balaban J connectivity index is 1.52. The van der Waals surface area contributed by atoms with Crippen LogP contribution in [0.15, 0.2) is 42.5 Å². The van der Waals surface area contributed by atoms with Gasteiger partial charge in [-0.15, -0.1) is 0 Å². The number of benzene rings is 2. The number of H-pyrrole nitrogens is 1. The van der Waals surface area contributed by atoms with Crippen LogP contribution in [0, 0.1) is 5.82 Å². The second-order valence-electron chi connectivity index (χ2n) is 8.42. The maximum Gasteiger partial charge on any atom is 0.418 e. The van der Waals surface area contributed by atoms with Crippen LogP contribution < -0.4 is 5.73 Å². The van der Waals surface area contributed by atoms with Crippen molar-refractivity contribution in [1.29, 1.82) is 0 Å². The Morgan fingerprint density at radius 3 is 2.44 bits per heavy atom. The van der Waals surface area contributed by atoms with Crippen LogP contribution in [-0.2, 0) is 12.7 Å². The zero-order valence-electron chi connectivity index (χ0n) is 17.7. The maximum atomic E-state index is 13.2. The van der Waals surface area contributed by atoms with E-state index in [4.69, 9.17) is 5.73 Å². The number of hydrogen-bond donors (Lipinski definition) is 2. The molecule has 9 heteroatoms. The van der Waals surface area contributed by atoms with E-state index in [1.165, 1.54) is 24.3 Å². The van der Waals surface area contributed by atoms with Crippen LogP contribution in [0.5, 0.6) is 0 Å². The van der Waals surface area contributed by atoms with E-state index in [2.05, 4.69) is 9.88 Å². The number of anilines is 1. The number of amides is 1. The van der Waals surface area contributed by atoms with E-state index < -0.39 is 11.7 Å². The first-order valence-electron chi connectivity index (χ1n) is 10.3. The molecule has 0 saturated carbocycles. The average molecular weight is 448 g/mol. The lowest BCUT2D eigenvalue weighted by molar-refractivity contribution is -0.136. The fraction of sp³-hybridized carbons (Fsp3) is 0.348. The standard InChI is InChI=1S/C23H24F4N4O/c1-13-11-31(14(2)10-30(13)12-15-3-5-17(24)6-4-15)22(32)21-8-16-7-19(28)18(23(25,26)27)9-20(16)29-21/h3-9,13-14,29H,10-12,28H2,1-2H3. The third-order valence-corrected chi connectivity index (χ3v) is 6.00. The molecule has 2 atom stereocenters. The van der Waals surface area contributed by atoms with Crippen molar-refractivity contribution in [2.24, 2.45) is 0 Å². The van der Waals surface area contributed by atoms with Gasteiger partial charge in [-0.3, -0.25) is 9.69 Å². The van der Waals surface area contributed by atoms with Crippen LogP contribution in [-0.4, -0.2) is 45.9 Å². The van der Waals surface area contributed by atoms with Gasteiger partial charge in [-0.1, -0.05) is 12.1 Å². The first-order chi connectivity index (χ1) is 15.0. The van der Waals surface area contributed by atoms with Gasteiger partial charge in [0.1, 0.15) is 11.5 Å². The molecular formula is C23H24F4N4O. The number of piperazine rings is 1. The minimum absolute atomic E-state index is 0.0528. The number of nitrogen functional groups attached to an aromatic ring is 1. The molecule has 5 nitrogen and oxygen atoms in total. The molecule has 1 saturated heterocycles. The number of nitrogens with zero attached hydrogens (tertiary/aromatic N) is 2. The van der Waals surface area contributed by atoms with Gasteiger partial charge in [-0.05, 0) is 49.7 Å². The summed E-state index contributed by atoms with van der Waals surface area (Å²) in [6.45, 7) is 5.67. The smallest absolute Gasteiger partial charge is 0.398 e. The number of rotatable bonds is 3. The summed E-state index contributed by atoms with van der Waals surface area (Å²) < 4.78 is 52.6. The summed E-state index contributed by atoms with van der Waals surface area (Å²) in [7, 11) is 0. The van der Waals surface area contributed by atoms with Crippen LogP contribution in [0.4, 0.5) is 23.2 Å². The van der Waals surface area contributed by atoms with Gasteiger partial charge in [-0.25, -0.2) is 4.39 Å². The molecule has 1 fully saturated rings. The van der Waals surface area contributed by atoms with Crippen LogP contribution in [0.1, 0.15) is 35.5 Å². The van der Waals surface area contributed by atoms with Crippen molar-refractivity contribution in [2.75, 3.05) is 18.8 Å². The highest BCUT2D eigenvalue weighted by Crippen LogP contribution is 2.36. The van der Waals surface area contributed by atoms with Crippen molar-refractivity contribution in [2.45, 2.75) is 38.7 Å². The number of nitrogens with one attached hydrogen (secondary N) is 1. The number of carbonyl (C=O) groups excluding carboxylic acids is 1. The van der Waals surface area contributed by atoms with Gasteiger partial charge in [0.2, 0.25) is 0 Å². The van der Waals surface area contributed by atoms with E-state index in [0.29, 0.717) is 25.0 Å². The third-order valence-electron chi connectivity index (χ3n) is 6.00. The van der Waals surface area contributed by atoms with Crippen molar-refractivity contribution in [3.63, 3.8) is 0 Å².